The molecule has 0 aromatic heterocycles. The highest BCUT2D eigenvalue weighted by Crippen LogP contribution is 2.33. The third-order valence-corrected chi connectivity index (χ3v) is 7.51. The molecule has 1 aliphatic heterocycles. The fraction of sp³-hybridized carbons (Fsp3) is 0.235. The Bertz CT molecular complexity index is 1530. The first-order chi connectivity index (χ1) is 19.9. The SMILES string of the molecule is COc1cc2c(cc1OC)CN(CCc1ccc(NC(=O)c3c(C)cccc3NC(=O)c3ccccc3)cc1)CC2. The van der Waals surface area contributed by atoms with Crippen molar-refractivity contribution < 1.29 is 19.1 Å². The van der Waals surface area contributed by atoms with E-state index in [1.165, 1.54) is 16.7 Å². The van der Waals surface area contributed by atoms with Gasteiger partial charge < -0.3 is 20.1 Å². The molecule has 210 valence electrons. The molecule has 4 aromatic carbocycles. The minimum Gasteiger partial charge on any atom is -0.493 e. The summed E-state index contributed by atoms with van der Waals surface area (Å²) in [6.07, 6.45) is 1.89. The smallest absolute Gasteiger partial charge is 0.258 e. The van der Waals surface area contributed by atoms with Crippen molar-refractivity contribution in [1.29, 1.82) is 0 Å². The number of benzene rings is 4. The number of aryl methyl sites for hydroxylation is 1. The van der Waals surface area contributed by atoms with Crippen molar-refractivity contribution in [2.24, 2.45) is 0 Å². The van der Waals surface area contributed by atoms with Gasteiger partial charge in [0.2, 0.25) is 0 Å². The molecule has 2 N–H and O–H groups in total. The van der Waals surface area contributed by atoms with E-state index in [2.05, 4.69) is 39.8 Å². The zero-order valence-corrected chi connectivity index (χ0v) is 23.7. The number of hydrogen-bond acceptors (Lipinski definition) is 5. The first-order valence-electron chi connectivity index (χ1n) is 13.8. The zero-order valence-electron chi connectivity index (χ0n) is 23.7. The first-order valence-corrected chi connectivity index (χ1v) is 13.8. The van der Waals surface area contributed by atoms with Crippen molar-refractivity contribution in [3.8, 4) is 11.5 Å². The van der Waals surface area contributed by atoms with Crippen LogP contribution in [0.25, 0.3) is 0 Å². The Hall–Kier alpha value is -4.62. The molecular formula is C34H35N3O4. The molecule has 41 heavy (non-hydrogen) atoms. The molecule has 0 radical (unpaired) electrons. The number of methoxy groups -OCH3 is 2. The van der Waals surface area contributed by atoms with Crippen LogP contribution in [0.5, 0.6) is 11.5 Å². The van der Waals surface area contributed by atoms with Crippen LogP contribution in [-0.2, 0) is 19.4 Å². The van der Waals surface area contributed by atoms with Crippen molar-refractivity contribution >= 4 is 23.2 Å². The van der Waals surface area contributed by atoms with Crippen molar-refractivity contribution in [1.82, 2.24) is 4.90 Å². The molecule has 2 amide bonds. The first kappa shape index (κ1) is 27.9. The maximum atomic E-state index is 13.3. The molecule has 1 aliphatic rings. The highest BCUT2D eigenvalue weighted by Gasteiger charge is 2.20. The van der Waals surface area contributed by atoms with Crippen LogP contribution >= 0.6 is 0 Å². The van der Waals surface area contributed by atoms with Gasteiger partial charge in [0.15, 0.2) is 11.5 Å². The summed E-state index contributed by atoms with van der Waals surface area (Å²) in [6, 6.07) is 26.5. The highest BCUT2D eigenvalue weighted by molar-refractivity contribution is 6.13. The van der Waals surface area contributed by atoms with E-state index in [1.807, 2.05) is 49.4 Å². The number of rotatable bonds is 9. The molecule has 0 spiro atoms. The number of hydrogen-bond donors (Lipinski definition) is 2. The highest BCUT2D eigenvalue weighted by atomic mass is 16.5. The minimum absolute atomic E-state index is 0.259. The van der Waals surface area contributed by atoms with Gasteiger partial charge in [-0.2, -0.15) is 0 Å². The fourth-order valence-electron chi connectivity index (χ4n) is 5.23. The summed E-state index contributed by atoms with van der Waals surface area (Å²) in [4.78, 5) is 28.5. The van der Waals surface area contributed by atoms with Crippen LogP contribution in [0.3, 0.4) is 0 Å². The monoisotopic (exact) mass is 549 g/mol. The van der Waals surface area contributed by atoms with Crippen LogP contribution < -0.4 is 20.1 Å². The van der Waals surface area contributed by atoms with E-state index in [-0.39, 0.29) is 11.8 Å². The van der Waals surface area contributed by atoms with E-state index in [1.54, 1.807) is 32.4 Å². The number of nitrogens with zero attached hydrogens (tertiary/aromatic N) is 1. The lowest BCUT2D eigenvalue weighted by molar-refractivity contribution is 0.102. The Balaban J connectivity index is 1.19. The lowest BCUT2D eigenvalue weighted by atomic mass is 9.98. The number of amides is 2. The Kier molecular flexibility index (Phi) is 8.65. The van der Waals surface area contributed by atoms with E-state index in [0.29, 0.717) is 22.5 Å². The molecule has 0 atom stereocenters. The standard InChI is InChI=1S/C34H35N3O4/c1-23-8-7-11-29(36-33(38)25-9-5-4-6-10-25)32(23)34(39)35-28-14-12-24(13-15-28)16-18-37-19-17-26-20-30(40-2)31(41-3)21-27(26)22-37/h4-15,20-21H,16-19,22H2,1-3H3,(H,35,39)(H,36,38). The summed E-state index contributed by atoms with van der Waals surface area (Å²) in [5.74, 6) is 1.02. The number of ether oxygens (including phenoxy) is 2. The second-order valence-electron chi connectivity index (χ2n) is 10.2. The van der Waals surface area contributed by atoms with Crippen LogP contribution in [-0.4, -0.2) is 44.0 Å². The van der Waals surface area contributed by atoms with Crippen molar-refractivity contribution in [2.75, 3.05) is 37.9 Å². The number of nitrogens with one attached hydrogen (secondary N) is 2. The third kappa shape index (κ3) is 6.58. The molecule has 0 aliphatic carbocycles. The summed E-state index contributed by atoms with van der Waals surface area (Å²) >= 11 is 0. The maximum Gasteiger partial charge on any atom is 0.258 e. The van der Waals surface area contributed by atoms with E-state index in [0.717, 1.165) is 49.5 Å². The van der Waals surface area contributed by atoms with Gasteiger partial charge in [-0.05, 0) is 84.5 Å². The van der Waals surface area contributed by atoms with Crippen LogP contribution in [0, 0.1) is 6.92 Å². The minimum atomic E-state index is -0.266. The van der Waals surface area contributed by atoms with E-state index >= 15 is 0 Å². The van der Waals surface area contributed by atoms with E-state index in [4.69, 9.17) is 9.47 Å². The second-order valence-corrected chi connectivity index (χ2v) is 10.2. The number of carbonyl (C=O) groups is 2. The zero-order chi connectivity index (χ0) is 28.8. The lowest BCUT2D eigenvalue weighted by Gasteiger charge is -2.29. The maximum absolute atomic E-state index is 13.3. The van der Waals surface area contributed by atoms with Crippen LogP contribution in [0.2, 0.25) is 0 Å². The van der Waals surface area contributed by atoms with Gasteiger partial charge in [0.05, 0.1) is 25.5 Å². The molecule has 4 aromatic rings. The summed E-state index contributed by atoms with van der Waals surface area (Å²) in [6.45, 7) is 4.68. The topological polar surface area (TPSA) is 79.9 Å². The van der Waals surface area contributed by atoms with E-state index in [9.17, 15) is 9.59 Å². The summed E-state index contributed by atoms with van der Waals surface area (Å²) in [7, 11) is 3.34. The van der Waals surface area contributed by atoms with Gasteiger partial charge in [0.25, 0.3) is 11.8 Å². The lowest BCUT2D eigenvalue weighted by Crippen LogP contribution is -2.32. The van der Waals surface area contributed by atoms with Crippen molar-refractivity contribution in [3.05, 3.63) is 118 Å². The molecular weight excluding hydrogens is 514 g/mol. The Morgan fingerprint density at radius 2 is 1.51 bits per heavy atom. The van der Waals surface area contributed by atoms with Crippen LogP contribution in [0.1, 0.15) is 43.0 Å². The quantitative estimate of drug-likeness (QED) is 0.263. The third-order valence-electron chi connectivity index (χ3n) is 7.51. The fourth-order valence-corrected chi connectivity index (χ4v) is 5.23. The molecule has 0 fully saturated rings. The molecule has 0 saturated carbocycles. The summed E-state index contributed by atoms with van der Waals surface area (Å²) in [5.41, 5.74) is 6.74. The molecule has 5 rings (SSSR count). The Morgan fingerprint density at radius 1 is 0.805 bits per heavy atom. The summed E-state index contributed by atoms with van der Waals surface area (Å²) < 4.78 is 10.9. The Labute approximate surface area is 241 Å². The molecule has 7 heteroatoms. The molecule has 0 bridgehead atoms. The summed E-state index contributed by atoms with van der Waals surface area (Å²) in [5, 5.41) is 5.89. The van der Waals surface area contributed by atoms with Gasteiger partial charge in [0.1, 0.15) is 0 Å². The largest absolute Gasteiger partial charge is 0.493 e. The van der Waals surface area contributed by atoms with Gasteiger partial charge in [-0.15, -0.1) is 0 Å². The van der Waals surface area contributed by atoms with Gasteiger partial charge in [-0.25, -0.2) is 0 Å². The van der Waals surface area contributed by atoms with Crippen LogP contribution in [0.15, 0.2) is 84.9 Å². The number of anilines is 2. The average molecular weight is 550 g/mol. The molecule has 0 saturated heterocycles. The van der Waals surface area contributed by atoms with Crippen molar-refractivity contribution in [2.45, 2.75) is 26.3 Å². The van der Waals surface area contributed by atoms with Gasteiger partial charge >= 0.3 is 0 Å². The molecule has 7 nitrogen and oxygen atoms in total. The normalized spacial score (nSPS) is 12.8. The Morgan fingerprint density at radius 3 is 2.22 bits per heavy atom. The number of fused-ring (bicyclic) bond motifs is 1. The number of carbonyl (C=O) groups excluding carboxylic acids is 2. The van der Waals surface area contributed by atoms with Crippen molar-refractivity contribution in [3.63, 3.8) is 0 Å². The average Bonchev–Trinajstić information content (AvgIpc) is 3.00. The van der Waals surface area contributed by atoms with Gasteiger partial charge in [-0.3, -0.25) is 14.5 Å². The molecule has 0 unspecified atom stereocenters. The van der Waals surface area contributed by atoms with Crippen LogP contribution in [0.4, 0.5) is 11.4 Å². The predicted octanol–water partition coefficient (Wildman–Crippen LogP) is 6.12. The van der Waals surface area contributed by atoms with E-state index < -0.39 is 0 Å². The second kappa shape index (κ2) is 12.7. The molecule has 1 heterocycles. The van der Waals surface area contributed by atoms with Gasteiger partial charge in [0, 0.05) is 30.9 Å². The predicted molar refractivity (Wildman–Crippen MR) is 162 cm³/mol. The van der Waals surface area contributed by atoms with Gasteiger partial charge in [-0.1, -0.05) is 42.5 Å².